The summed E-state index contributed by atoms with van der Waals surface area (Å²) in [5, 5.41) is 13.8. The van der Waals surface area contributed by atoms with Crippen molar-refractivity contribution in [3.05, 3.63) is 63.7 Å². The number of nitro groups is 1. The molecule has 0 amide bonds. The van der Waals surface area contributed by atoms with Gasteiger partial charge in [-0.25, -0.2) is 4.79 Å². The van der Waals surface area contributed by atoms with Gasteiger partial charge in [-0.1, -0.05) is 0 Å². The van der Waals surface area contributed by atoms with E-state index in [0.717, 1.165) is 6.07 Å². The molecule has 0 aromatic heterocycles. The van der Waals surface area contributed by atoms with E-state index in [1.54, 1.807) is 24.3 Å². The maximum absolute atomic E-state index is 12.4. The third-order valence-electron chi connectivity index (χ3n) is 3.80. The first-order valence-electron chi connectivity index (χ1n) is 8.31. The molecule has 0 aliphatic carbocycles. The fourth-order valence-electron chi connectivity index (χ4n) is 2.42. The Hall–Kier alpha value is -3.42. The van der Waals surface area contributed by atoms with E-state index in [4.69, 9.17) is 9.47 Å². The molecule has 2 rings (SSSR count). The van der Waals surface area contributed by atoms with Crippen molar-refractivity contribution in [3.8, 4) is 5.75 Å². The van der Waals surface area contributed by atoms with Crippen LogP contribution in [0.15, 0.2) is 42.5 Å². The maximum Gasteiger partial charge on any atom is 0.339 e. The fraction of sp³-hybridized carbons (Fsp3) is 0.263. The zero-order valence-electron chi connectivity index (χ0n) is 15.2. The van der Waals surface area contributed by atoms with E-state index in [2.05, 4.69) is 5.32 Å². The highest BCUT2D eigenvalue weighted by Crippen LogP contribution is 2.25. The van der Waals surface area contributed by atoms with Gasteiger partial charge in [0.15, 0.2) is 6.10 Å². The second-order valence-corrected chi connectivity index (χ2v) is 5.61. The lowest BCUT2D eigenvalue weighted by molar-refractivity contribution is -0.384. The lowest BCUT2D eigenvalue weighted by Crippen LogP contribution is -2.24. The van der Waals surface area contributed by atoms with Gasteiger partial charge in [-0.3, -0.25) is 14.9 Å². The Bertz CT molecular complexity index is 848. The fourth-order valence-corrected chi connectivity index (χ4v) is 2.42. The van der Waals surface area contributed by atoms with Gasteiger partial charge in [-0.05, 0) is 50.2 Å². The van der Waals surface area contributed by atoms with Crippen molar-refractivity contribution >= 4 is 23.1 Å². The number of ketones is 1. The smallest absolute Gasteiger partial charge is 0.339 e. The van der Waals surface area contributed by atoms with Crippen molar-refractivity contribution in [1.82, 2.24) is 0 Å². The molecular formula is C19H20N2O6. The molecule has 8 nitrogen and oxygen atoms in total. The van der Waals surface area contributed by atoms with Crippen LogP contribution in [0, 0.1) is 10.1 Å². The van der Waals surface area contributed by atoms with Gasteiger partial charge < -0.3 is 14.8 Å². The standard InChI is InChI=1S/C19H20N2O6/c1-4-26-15-8-5-13(6-9-15)18(22)12(2)27-19(23)14-7-10-16(20-3)17(11-14)21(24)25/h5-12,20H,4H2,1-3H3/t12-/m0/s1. The van der Waals surface area contributed by atoms with E-state index >= 15 is 0 Å². The molecule has 1 N–H and O–H groups in total. The first kappa shape index (κ1) is 19.9. The van der Waals surface area contributed by atoms with Gasteiger partial charge in [0.1, 0.15) is 11.4 Å². The second kappa shape index (κ2) is 8.79. The van der Waals surface area contributed by atoms with Crippen molar-refractivity contribution in [2.45, 2.75) is 20.0 Å². The zero-order chi connectivity index (χ0) is 20.0. The van der Waals surface area contributed by atoms with Crippen LogP contribution >= 0.6 is 0 Å². The highest BCUT2D eigenvalue weighted by Gasteiger charge is 2.23. The number of Topliss-reactive ketones (excluding diaryl/α,β-unsaturated/α-hetero) is 1. The van der Waals surface area contributed by atoms with Crippen LogP contribution in [0.4, 0.5) is 11.4 Å². The molecule has 1 atom stereocenters. The molecule has 0 heterocycles. The van der Waals surface area contributed by atoms with Crippen LogP contribution in [-0.4, -0.2) is 36.4 Å². The highest BCUT2D eigenvalue weighted by molar-refractivity contribution is 6.01. The number of nitro benzene ring substituents is 1. The summed E-state index contributed by atoms with van der Waals surface area (Å²) in [7, 11) is 1.54. The van der Waals surface area contributed by atoms with Crippen molar-refractivity contribution in [1.29, 1.82) is 0 Å². The number of carbonyl (C=O) groups excluding carboxylic acids is 2. The molecule has 0 bridgehead atoms. The zero-order valence-corrected chi connectivity index (χ0v) is 15.2. The minimum absolute atomic E-state index is 0.00737. The molecule has 0 aliphatic heterocycles. The van der Waals surface area contributed by atoms with Crippen LogP contribution in [-0.2, 0) is 4.74 Å². The number of anilines is 1. The molecule has 0 aliphatic rings. The quantitative estimate of drug-likeness (QED) is 0.327. The van der Waals surface area contributed by atoms with E-state index in [1.807, 2.05) is 6.92 Å². The van der Waals surface area contributed by atoms with Crippen LogP contribution in [0.1, 0.15) is 34.6 Å². The predicted molar refractivity (Wildman–Crippen MR) is 99.5 cm³/mol. The van der Waals surface area contributed by atoms with Crippen molar-refractivity contribution < 1.29 is 24.0 Å². The summed E-state index contributed by atoms with van der Waals surface area (Å²) >= 11 is 0. The summed E-state index contributed by atoms with van der Waals surface area (Å²) < 4.78 is 10.5. The average molecular weight is 372 g/mol. The largest absolute Gasteiger partial charge is 0.494 e. The molecule has 0 saturated heterocycles. The van der Waals surface area contributed by atoms with E-state index < -0.39 is 17.0 Å². The molecular weight excluding hydrogens is 352 g/mol. The van der Waals surface area contributed by atoms with Crippen LogP contribution in [0.3, 0.4) is 0 Å². The molecule has 8 heteroatoms. The minimum atomic E-state index is -1.04. The summed E-state index contributed by atoms with van der Waals surface area (Å²) in [5.41, 5.74) is 0.384. The molecule has 0 radical (unpaired) electrons. The average Bonchev–Trinajstić information content (AvgIpc) is 2.67. The molecule has 27 heavy (non-hydrogen) atoms. The van der Waals surface area contributed by atoms with E-state index in [-0.39, 0.29) is 22.7 Å². The first-order chi connectivity index (χ1) is 12.9. The second-order valence-electron chi connectivity index (χ2n) is 5.61. The maximum atomic E-state index is 12.4. The molecule has 142 valence electrons. The van der Waals surface area contributed by atoms with Crippen molar-refractivity contribution in [2.75, 3.05) is 19.0 Å². The number of nitrogens with zero attached hydrogens (tertiary/aromatic N) is 1. The van der Waals surface area contributed by atoms with E-state index in [0.29, 0.717) is 17.9 Å². The van der Waals surface area contributed by atoms with Gasteiger partial charge in [0, 0.05) is 18.7 Å². The van der Waals surface area contributed by atoms with Crippen molar-refractivity contribution in [2.24, 2.45) is 0 Å². The number of benzene rings is 2. The van der Waals surface area contributed by atoms with Crippen LogP contribution in [0.25, 0.3) is 0 Å². The Morgan fingerprint density at radius 1 is 1.15 bits per heavy atom. The lowest BCUT2D eigenvalue weighted by Gasteiger charge is -2.13. The van der Waals surface area contributed by atoms with Gasteiger partial charge in [0.05, 0.1) is 17.1 Å². The number of carbonyl (C=O) groups is 2. The molecule has 2 aromatic carbocycles. The van der Waals surface area contributed by atoms with E-state index in [1.165, 1.54) is 26.1 Å². The Kier molecular flexibility index (Phi) is 6.48. The predicted octanol–water partition coefficient (Wildman–Crippen LogP) is 3.46. The third-order valence-corrected chi connectivity index (χ3v) is 3.80. The summed E-state index contributed by atoms with van der Waals surface area (Å²) in [5.74, 6) is -0.559. The summed E-state index contributed by atoms with van der Waals surface area (Å²) in [6.07, 6.45) is -1.04. The summed E-state index contributed by atoms with van der Waals surface area (Å²) in [6.45, 7) is 3.82. The van der Waals surface area contributed by atoms with Crippen LogP contribution < -0.4 is 10.1 Å². The molecule has 2 aromatic rings. The van der Waals surface area contributed by atoms with Crippen LogP contribution in [0.5, 0.6) is 5.75 Å². The van der Waals surface area contributed by atoms with Gasteiger partial charge in [0.2, 0.25) is 5.78 Å². The van der Waals surface area contributed by atoms with Gasteiger partial charge in [-0.2, -0.15) is 0 Å². The number of hydrogen-bond donors (Lipinski definition) is 1. The Morgan fingerprint density at radius 2 is 1.78 bits per heavy atom. The lowest BCUT2D eigenvalue weighted by atomic mass is 10.1. The molecule has 0 fully saturated rings. The number of nitrogens with one attached hydrogen (secondary N) is 1. The normalized spacial score (nSPS) is 11.4. The van der Waals surface area contributed by atoms with Crippen LogP contribution in [0.2, 0.25) is 0 Å². The third kappa shape index (κ3) is 4.81. The van der Waals surface area contributed by atoms with E-state index in [9.17, 15) is 19.7 Å². The number of rotatable bonds is 8. The summed E-state index contributed by atoms with van der Waals surface area (Å²) in [6, 6.07) is 10.4. The molecule has 0 spiro atoms. The Labute approximate surface area is 156 Å². The monoisotopic (exact) mass is 372 g/mol. The van der Waals surface area contributed by atoms with Gasteiger partial charge in [0.25, 0.3) is 5.69 Å². The highest BCUT2D eigenvalue weighted by atomic mass is 16.6. The topological polar surface area (TPSA) is 108 Å². The Morgan fingerprint density at radius 3 is 2.33 bits per heavy atom. The number of ether oxygens (including phenoxy) is 2. The summed E-state index contributed by atoms with van der Waals surface area (Å²) in [4.78, 5) is 35.2. The first-order valence-corrected chi connectivity index (χ1v) is 8.31. The molecule has 0 saturated carbocycles. The van der Waals surface area contributed by atoms with Crippen molar-refractivity contribution in [3.63, 3.8) is 0 Å². The number of hydrogen-bond acceptors (Lipinski definition) is 7. The number of esters is 1. The molecule has 0 unspecified atom stereocenters. The van der Waals surface area contributed by atoms with Gasteiger partial charge >= 0.3 is 5.97 Å². The Balaban J connectivity index is 2.11. The minimum Gasteiger partial charge on any atom is -0.494 e. The SMILES string of the molecule is CCOc1ccc(C(=O)[C@H](C)OC(=O)c2ccc(NC)c([N+](=O)[O-])c2)cc1. The van der Waals surface area contributed by atoms with Gasteiger partial charge in [-0.15, -0.1) is 0 Å².